The molecule has 0 bridgehead atoms. The first-order chi connectivity index (χ1) is 9.00. The van der Waals surface area contributed by atoms with Crippen molar-refractivity contribution in [1.82, 2.24) is 10.2 Å². The highest BCUT2D eigenvalue weighted by Crippen LogP contribution is 2.30. The molecule has 1 aromatic heterocycles. The van der Waals surface area contributed by atoms with Gasteiger partial charge in [-0.15, -0.1) is 5.10 Å². The van der Waals surface area contributed by atoms with Gasteiger partial charge in [0.2, 0.25) is 5.89 Å². The molecule has 0 unspecified atom stereocenters. The molecule has 0 atom stereocenters. The summed E-state index contributed by atoms with van der Waals surface area (Å²) in [5.74, 6) is 0.187. The van der Waals surface area contributed by atoms with Crippen LogP contribution in [0.5, 0.6) is 0 Å². The molecule has 1 N–H and O–H groups in total. The summed E-state index contributed by atoms with van der Waals surface area (Å²) in [4.78, 5) is 0. The fourth-order valence-corrected chi connectivity index (χ4v) is 1.45. The third kappa shape index (κ3) is 3.24. The Morgan fingerprint density at radius 3 is 2.42 bits per heavy atom. The second kappa shape index (κ2) is 5.29. The minimum Gasteiger partial charge on any atom is -0.403 e. The molecule has 4 nitrogen and oxygen atoms in total. The van der Waals surface area contributed by atoms with Gasteiger partial charge >= 0.3 is 12.2 Å². The van der Waals surface area contributed by atoms with Crippen LogP contribution in [-0.2, 0) is 6.18 Å². The fourth-order valence-electron chi connectivity index (χ4n) is 1.45. The molecular weight excluding hydrogens is 259 g/mol. The van der Waals surface area contributed by atoms with Gasteiger partial charge in [0.1, 0.15) is 0 Å². The molecule has 0 aliphatic carbocycles. The van der Waals surface area contributed by atoms with Crippen LogP contribution in [0.2, 0.25) is 0 Å². The quantitative estimate of drug-likeness (QED) is 0.923. The molecule has 1 aromatic carbocycles. The van der Waals surface area contributed by atoms with Gasteiger partial charge in [-0.1, -0.05) is 12.0 Å². The van der Waals surface area contributed by atoms with Gasteiger partial charge < -0.3 is 9.73 Å². The molecule has 0 radical (unpaired) electrons. The van der Waals surface area contributed by atoms with Crippen molar-refractivity contribution in [2.45, 2.75) is 19.5 Å². The summed E-state index contributed by atoms with van der Waals surface area (Å²) in [6.45, 7) is 2.68. The second-order valence-electron chi connectivity index (χ2n) is 3.91. The summed E-state index contributed by atoms with van der Waals surface area (Å²) in [5, 5.41) is 10.4. The first kappa shape index (κ1) is 13.4. The van der Waals surface area contributed by atoms with E-state index in [4.69, 9.17) is 4.42 Å². The van der Waals surface area contributed by atoms with Crippen LogP contribution in [0.15, 0.2) is 28.7 Å². The van der Waals surface area contributed by atoms with Gasteiger partial charge in [-0.2, -0.15) is 13.2 Å². The molecule has 0 amide bonds. The Hall–Kier alpha value is -2.05. The van der Waals surface area contributed by atoms with Crippen LogP contribution < -0.4 is 5.32 Å². The first-order valence-electron chi connectivity index (χ1n) is 5.75. The Labute approximate surface area is 107 Å². The Morgan fingerprint density at radius 2 is 1.84 bits per heavy atom. The van der Waals surface area contributed by atoms with Crippen LogP contribution in [-0.4, -0.2) is 16.7 Å². The summed E-state index contributed by atoms with van der Waals surface area (Å²) in [6.07, 6.45) is -3.45. The maximum absolute atomic E-state index is 12.4. The average Bonchev–Trinajstić information content (AvgIpc) is 2.84. The Morgan fingerprint density at radius 1 is 1.16 bits per heavy atom. The van der Waals surface area contributed by atoms with Gasteiger partial charge in [-0.3, -0.25) is 0 Å². The van der Waals surface area contributed by atoms with E-state index in [1.807, 2.05) is 6.92 Å². The van der Waals surface area contributed by atoms with Crippen molar-refractivity contribution < 1.29 is 17.6 Å². The Balaban J connectivity index is 2.16. The van der Waals surface area contributed by atoms with Crippen molar-refractivity contribution in [2.75, 3.05) is 11.9 Å². The van der Waals surface area contributed by atoms with E-state index in [0.29, 0.717) is 12.1 Å². The number of benzene rings is 1. The molecule has 0 saturated heterocycles. The number of hydrogen-bond acceptors (Lipinski definition) is 4. The average molecular weight is 271 g/mol. The van der Waals surface area contributed by atoms with Crippen molar-refractivity contribution in [1.29, 1.82) is 0 Å². The molecule has 0 fully saturated rings. The highest BCUT2D eigenvalue weighted by atomic mass is 19.4. The number of halogens is 3. The van der Waals surface area contributed by atoms with Crippen LogP contribution in [0.1, 0.15) is 18.9 Å². The Kier molecular flexibility index (Phi) is 3.73. The van der Waals surface area contributed by atoms with E-state index >= 15 is 0 Å². The van der Waals surface area contributed by atoms with E-state index in [-0.39, 0.29) is 11.9 Å². The molecule has 19 heavy (non-hydrogen) atoms. The third-order valence-electron chi connectivity index (χ3n) is 2.41. The van der Waals surface area contributed by atoms with E-state index in [2.05, 4.69) is 15.5 Å². The number of rotatable bonds is 4. The van der Waals surface area contributed by atoms with Crippen LogP contribution >= 0.6 is 0 Å². The van der Waals surface area contributed by atoms with Gasteiger partial charge in [-0.05, 0) is 30.7 Å². The van der Waals surface area contributed by atoms with Crippen LogP contribution in [0.25, 0.3) is 11.5 Å². The zero-order valence-corrected chi connectivity index (χ0v) is 10.2. The predicted octanol–water partition coefficient (Wildman–Crippen LogP) is 3.58. The van der Waals surface area contributed by atoms with E-state index < -0.39 is 11.7 Å². The number of alkyl halides is 3. The first-order valence-corrected chi connectivity index (χ1v) is 5.75. The van der Waals surface area contributed by atoms with Gasteiger partial charge in [0, 0.05) is 12.1 Å². The van der Waals surface area contributed by atoms with Crippen molar-refractivity contribution in [3.63, 3.8) is 0 Å². The van der Waals surface area contributed by atoms with Gasteiger partial charge in [0.15, 0.2) is 0 Å². The monoisotopic (exact) mass is 271 g/mol. The number of nitrogens with one attached hydrogen (secondary N) is 1. The van der Waals surface area contributed by atoms with Crippen molar-refractivity contribution >= 4 is 6.01 Å². The lowest BCUT2D eigenvalue weighted by Crippen LogP contribution is -2.03. The summed E-state index contributed by atoms with van der Waals surface area (Å²) < 4.78 is 42.5. The molecule has 0 saturated carbocycles. The fraction of sp³-hybridized carbons (Fsp3) is 0.333. The lowest BCUT2D eigenvalue weighted by atomic mass is 10.1. The molecule has 102 valence electrons. The van der Waals surface area contributed by atoms with Gasteiger partial charge in [0.05, 0.1) is 5.56 Å². The SMILES string of the molecule is CCCNc1nnc(-c2ccc(C(F)(F)F)cc2)o1. The number of hydrogen-bond donors (Lipinski definition) is 1. The van der Waals surface area contributed by atoms with E-state index in [9.17, 15) is 13.2 Å². The van der Waals surface area contributed by atoms with Gasteiger partial charge in [0.25, 0.3) is 0 Å². The standard InChI is InChI=1S/C12H12F3N3O/c1-2-7-16-11-18-17-10(19-11)8-3-5-9(6-4-8)12(13,14)15/h3-6H,2,7H2,1H3,(H,16,18). The molecular formula is C12H12F3N3O. The third-order valence-corrected chi connectivity index (χ3v) is 2.41. The van der Waals surface area contributed by atoms with E-state index in [0.717, 1.165) is 18.6 Å². The summed E-state index contributed by atoms with van der Waals surface area (Å²) in [6, 6.07) is 4.84. The minimum absolute atomic E-state index is 0.187. The van der Waals surface area contributed by atoms with Crippen molar-refractivity contribution in [2.24, 2.45) is 0 Å². The second-order valence-corrected chi connectivity index (χ2v) is 3.91. The normalized spacial score (nSPS) is 11.6. The summed E-state index contributed by atoms with van der Waals surface area (Å²) in [7, 11) is 0. The summed E-state index contributed by atoms with van der Waals surface area (Å²) >= 11 is 0. The number of aromatic nitrogens is 2. The smallest absolute Gasteiger partial charge is 0.403 e. The number of anilines is 1. The lowest BCUT2D eigenvalue weighted by molar-refractivity contribution is -0.137. The zero-order chi connectivity index (χ0) is 13.9. The molecule has 2 aromatic rings. The predicted molar refractivity (Wildman–Crippen MR) is 63.5 cm³/mol. The number of nitrogens with zero attached hydrogens (tertiary/aromatic N) is 2. The summed E-state index contributed by atoms with van der Waals surface area (Å²) in [5.41, 5.74) is -0.259. The van der Waals surface area contributed by atoms with Crippen molar-refractivity contribution in [3.8, 4) is 11.5 Å². The maximum Gasteiger partial charge on any atom is 0.416 e. The zero-order valence-electron chi connectivity index (χ0n) is 10.2. The van der Waals surface area contributed by atoms with Crippen LogP contribution in [0.4, 0.5) is 19.2 Å². The van der Waals surface area contributed by atoms with E-state index in [1.54, 1.807) is 0 Å². The van der Waals surface area contributed by atoms with Crippen LogP contribution in [0, 0.1) is 0 Å². The van der Waals surface area contributed by atoms with Crippen molar-refractivity contribution in [3.05, 3.63) is 29.8 Å². The molecule has 2 rings (SSSR count). The molecule has 1 heterocycles. The highest BCUT2D eigenvalue weighted by Gasteiger charge is 2.30. The van der Waals surface area contributed by atoms with Crippen LogP contribution in [0.3, 0.4) is 0 Å². The lowest BCUT2D eigenvalue weighted by Gasteiger charge is -2.05. The highest BCUT2D eigenvalue weighted by molar-refractivity contribution is 5.54. The maximum atomic E-state index is 12.4. The Bertz CT molecular complexity index is 534. The van der Waals surface area contributed by atoms with E-state index in [1.165, 1.54) is 12.1 Å². The molecule has 0 spiro atoms. The molecule has 0 aliphatic rings. The largest absolute Gasteiger partial charge is 0.416 e. The van der Waals surface area contributed by atoms with Gasteiger partial charge in [-0.25, -0.2) is 0 Å². The molecule has 7 heteroatoms. The minimum atomic E-state index is -4.35. The topological polar surface area (TPSA) is 51.0 Å². The molecule has 0 aliphatic heterocycles.